The molecule has 0 unspecified atom stereocenters. The Morgan fingerprint density at radius 1 is 0.943 bits per heavy atom. The smallest absolute Gasteiger partial charge is 0.269 e. The predicted molar refractivity (Wildman–Crippen MR) is 135 cm³/mol. The maximum absolute atomic E-state index is 13.4. The van der Waals surface area contributed by atoms with Crippen molar-refractivity contribution in [3.8, 4) is 17.0 Å². The lowest BCUT2D eigenvalue weighted by Gasteiger charge is -2.08. The molecule has 8 nitrogen and oxygen atoms in total. The molecule has 0 N–H and O–H groups in total. The van der Waals surface area contributed by atoms with Crippen LogP contribution in [0.2, 0.25) is 0 Å². The number of aromatic nitrogens is 5. The molecule has 0 bridgehead atoms. The largest absolute Gasteiger partial charge is 0.497 e. The van der Waals surface area contributed by atoms with Gasteiger partial charge < -0.3 is 9.30 Å². The third-order valence-electron chi connectivity index (χ3n) is 6.47. The molecule has 0 amide bonds. The standard InChI is InChI=1S/C26H23N5O3S/c1-16-5-8-19(9-6-16)35(32,33)30-12-11-23-26(30)27-14-24-25(28-17(2)31(23)24)21-15-29(3)22-10-7-18(34-4)13-20(21)22/h5-15H,1-4H3. The van der Waals surface area contributed by atoms with Crippen molar-refractivity contribution in [2.75, 3.05) is 7.11 Å². The van der Waals surface area contributed by atoms with Gasteiger partial charge in [-0.05, 0) is 50.2 Å². The predicted octanol–water partition coefficient (Wildman–Crippen LogP) is 4.71. The summed E-state index contributed by atoms with van der Waals surface area (Å²) in [7, 11) is -0.151. The molecule has 0 atom stereocenters. The Morgan fingerprint density at radius 3 is 2.46 bits per heavy atom. The van der Waals surface area contributed by atoms with E-state index >= 15 is 0 Å². The van der Waals surface area contributed by atoms with E-state index in [1.807, 2.05) is 49.7 Å². The van der Waals surface area contributed by atoms with Gasteiger partial charge in [0, 0.05) is 35.9 Å². The molecular formula is C26H23N5O3S. The lowest BCUT2D eigenvalue weighted by atomic mass is 10.1. The van der Waals surface area contributed by atoms with Crippen LogP contribution in [-0.4, -0.2) is 38.4 Å². The summed E-state index contributed by atoms with van der Waals surface area (Å²) in [5.74, 6) is 1.51. The second kappa shape index (κ2) is 7.44. The maximum atomic E-state index is 13.4. The topological polar surface area (TPSA) is 83.4 Å². The number of rotatable bonds is 4. The number of fused-ring (bicyclic) bond motifs is 4. The fraction of sp³-hybridized carbons (Fsp3) is 0.154. The summed E-state index contributed by atoms with van der Waals surface area (Å²) in [6.45, 7) is 3.83. The van der Waals surface area contributed by atoms with Crippen LogP contribution in [0, 0.1) is 13.8 Å². The third-order valence-corrected chi connectivity index (χ3v) is 8.15. The van der Waals surface area contributed by atoms with Crippen LogP contribution in [-0.2, 0) is 17.1 Å². The van der Waals surface area contributed by atoms with Gasteiger partial charge in [-0.2, -0.15) is 0 Å². The van der Waals surface area contributed by atoms with Crippen LogP contribution >= 0.6 is 0 Å². The van der Waals surface area contributed by atoms with E-state index in [-0.39, 0.29) is 4.90 Å². The number of ether oxygens (including phenoxy) is 1. The number of benzene rings is 2. The summed E-state index contributed by atoms with van der Waals surface area (Å²) in [5, 5.41) is 1.02. The van der Waals surface area contributed by atoms with Gasteiger partial charge in [-0.3, -0.25) is 4.40 Å². The van der Waals surface area contributed by atoms with E-state index in [0.29, 0.717) is 11.2 Å². The van der Waals surface area contributed by atoms with E-state index in [2.05, 4.69) is 9.55 Å². The Bertz CT molecular complexity index is 1880. The summed E-state index contributed by atoms with van der Waals surface area (Å²) in [5.41, 5.74) is 5.62. The van der Waals surface area contributed by atoms with Gasteiger partial charge in [0.2, 0.25) is 0 Å². The van der Waals surface area contributed by atoms with Gasteiger partial charge in [0.05, 0.1) is 29.2 Å². The molecule has 2 aromatic carbocycles. The van der Waals surface area contributed by atoms with Crippen LogP contribution in [0.5, 0.6) is 5.75 Å². The molecule has 9 heteroatoms. The molecule has 0 aliphatic rings. The molecule has 0 fully saturated rings. The first-order chi connectivity index (χ1) is 16.8. The van der Waals surface area contributed by atoms with Crippen molar-refractivity contribution in [3.05, 3.63) is 78.5 Å². The average molecular weight is 486 g/mol. The minimum Gasteiger partial charge on any atom is -0.497 e. The molecule has 4 heterocycles. The number of nitrogens with zero attached hydrogens (tertiary/aromatic N) is 5. The number of hydrogen-bond acceptors (Lipinski definition) is 5. The van der Waals surface area contributed by atoms with Crippen molar-refractivity contribution < 1.29 is 13.2 Å². The Balaban J connectivity index is 1.58. The molecule has 4 aromatic heterocycles. The Labute approximate surface area is 202 Å². The van der Waals surface area contributed by atoms with Crippen LogP contribution in [0.15, 0.2) is 72.0 Å². The highest BCUT2D eigenvalue weighted by atomic mass is 32.2. The number of aryl methyl sites for hydroxylation is 3. The molecule has 0 aliphatic carbocycles. The van der Waals surface area contributed by atoms with Crippen molar-refractivity contribution in [2.45, 2.75) is 18.7 Å². The van der Waals surface area contributed by atoms with Crippen LogP contribution in [0.1, 0.15) is 11.4 Å². The zero-order valence-corrected chi connectivity index (χ0v) is 20.5. The van der Waals surface area contributed by atoms with Crippen molar-refractivity contribution in [3.63, 3.8) is 0 Å². The Morgan fingerprint density at radius 2 is 1.71 bits per heavy atom. The number of imidazole rings is 1. The summed E-state index contributed by atoms with van der Waals surface area (Å²) >= 11 is 0. The molecule has 6 rings (SSSR count). The van der Waals surface area contributed by atoms with Gasteiger partial charge in [0.25, 0.3) is 10.0 Å². The highest BCUT2D eigenvalue weighted by Gasteiger charge is 2.23. The Hall–Kier alpha value is -4.11. The van der Waals surface area contributed by atoms with Gasteiger partial charge in [-0.15, -0.1) is 0 Å². The Kier molecular flexibility index (Phi) is 4.56. The third kappa shape index (κ3) is 3.08. The van der Waals surface area contributed by atoms with Gasteiger partial charge in [-0.1, -0.05) is 17.7 Å². The monoisotopic (exact) mass is 485 g/mol. The SMILES string of the molecule is COc1ccc2c(c1)c(-c1nc(C)n3c1cnc1c3ccn1S(=O)(=O)c1ccc(C)cc1)cn2C. The minimum absolute atomic E-state index is 0.218. The van der Waals surface area contributed by atoms with Gasteiger partial charge >= 0.3 is 0 Å². The zero-order valence-electron chi connectivity index (χ0n) is 19.7. The molecule has 0 aliphatic heterocycles. The van der Waals surface area contributed by atoms with Crippen LogP contribution in [0.3, 0.4) is 0 Å². The molecule has 35 heavy (non-hydrogen) atoms. The molecule has 0 saturated heterocycles. The minimum atomic E-state index is -3.80. The number of methoxy groups -OCH3 is 1. The summed E-state index contributed by atoms with van der Waals surface area (Å²) < 4.78 is 37.4. The fourth-order valence-corrected chi connectivity index (χ4v) is 5.99. The van der Waals surface area contributed by atoms with E-state index in [1.165, 1.54) is 3.97 Å². The highest BCUT2D eigenvalue weighted by Crippen LogP contribution is 2.36. The van der Waals surface area contributed by atoms with E-state index in [4.69, 9.17) is 9.72 Å². The highest BCUT2D eigenvalue weighted by molar-refractivity contribution is 7.90. The van der Waals surface area contributed by atoms with Crippen LogP contribution < -0.4 is 4.74 Å². The summed E-state index contributed by atoms with van der Waals surface area (Å²) in [6, 6.07) is 14.5. The quantitative estimate of drug-likeness (QED) is 0.361. The van der Waals surface area contributed by atoms with Crippen LogP contribution in [0.4, 0.5) is 0 Å². The zero-order chi connectivity index (χ0) is 24.5. The van der Waals surface area contributed by atoms with Gasteiger partial charge in [-0.25, -0.2) is 22.4 Å². The first-order valence-corrected chi connectivity index (χ1v) is 12.5. The first-order valence-electron chi connectivity index (χ1n) is 11.1. The van der Waals surface area contributed by atoms with Crippen molar-refractivity contribution >= 4 is 37.6 Å². The molecule has 0 spiro atoms. The first kappa shape index (κ1) is 21.4. The average Bonchev–Trinajstić information content (AvgIpc) is 3.52. The summed E-state index contributed by atoms with van der Waals surface area (Å²) in [4.78, 5) is 9.69. The van der Waals surface area contributed by atoms with Crippen molar-refractivity contribution in [1.82, 2.24) is 22.9 Å². The van der Waals surface area contributed by atoms with E-state index in [9.17, 15) is 8.42 Å². The molecule has 176 valence electrons. The maximum Gasteiger partial charge on any atom is 0.269 e. The lowest BCUT2D eigenvalue weighted by Crippen LogP contribution is -2.12. The van der Waals surface area contributed by atoms with Crippen molar-refractivity contribution in [1.29, 1.82) is 0 Å². The van der Waals surface area contributed by atoms with Crippen LogP contribution in [0.25, 0.3) is 38.8 Å². The van der Waals surface area contributed by atoms with E-state index in [1.54, 1.807) is 49.8 Å². The second-order valence-corrected chi connectivity index (χ2v) is 10.5. The second-order valence-electron chi connectivity index (χ2n) is 8.66. The number of hydrogen-bond donors (Lipinski definition) is 0. The normalized spacial score (nSPS) is 12.2. The van der Waals surface area contributed by atoms with Gasteiger partial charge in [0.15, 0.2) is 5.65 Å². The van der Waals surface area contributed by atoms with E-state index < -0.39 is 10.0 Å². The summed E-state index contributed by atoms with van der Waals surface area (Å²) in [6.07, 6.45) is 5.29. The van der Waals surface area contributed by atoms with Gasteiger partial charge in [0.1, 0.15) is 17.3 Å². The molecular weight excluding hydrogens is 462 g/mol. The van der Waals surface area contributed by atoms with E-state index in [0.717, 1.165) is 44.8 Å². The molecule has 6 aromatic rings. The fourth-order valence-electron chi connectivity index (χ4n) is 4.69. The lowest BCUT2D eigenvalue weighted by molar-refractivity contribution is 0.415. The molecule has 0 saturated carbocycles. The molecule has 0 radical (unpaired) electrons. The van der Waals surface area contributed by atoms with Crippen molar-refractivity contribution in [2.24, 2.45) is 7.05 Å².